The first kappa shape index (κ1) is 25.8. The predicted molar refractivity (Wildman–Crippen MR) is 128 cm³/mol. The van der Waals surface area contributed by atoms with Gasteiger partial charge in [-0.2, -0.15) is 0 Å². The number of benzene rings is 2. The van der Waals surface area contributed by atoms with Crippen molar-refractivity contribution in [3.63, 3.8) is 0 Å². The van der Waals surface area contributed by atoms with Crippen LogP contribution in [0.5, 0.6) is 0 Å². The summed E-state index contributed by atoms with van der Waals surface area (Å²) >= 11 is 0. The van der Waals surface area contributed by atoms with E-state index in [4.69, 9.17) is 18.9 Å². The summed E-state index contributed by atoms with van der Waals surface area (Å²) in [5, 5.41) is 2.31. The monoisotopic (exact) mass is 430 g/mol. The molecular formula is C27H42O4. The van der Waals surface area contributed by atoms with Gasteiger partial charge in [-0.1, -0.05) is 81.5 Å². The molecule has 174 valence electrons. The van der Waals surface area contributed by atoms with Gasteiger partial charge in [0.25, 0.3) is 0 Å². The minimum absolute atomic E-state index is 0.465. The van der Waals surface area contributed by atoms with Gasteiger partial charge in [-0.3, -0.25) is 0 Å². The minimum Gasteiger partial charge on any atom is -0.365 e. The van der Waals surface area contributed by atoms with Crippen molar-refractivity contribution in [1.82, 2.24) is 0 Å². The lowest BCUT2D eigenvalue weighted by Crippen LogP contribution is -2.58. The first-order chi connectivity index (χ1) is 15.1. The first-order valence-corrected chi connectivity index (χ1v) is 12.1. The fourth-order valence-electron chi connectivity index (χ4n) is 4.57. The number of methoxy groups -OCH3 is 1. The number of rotatable bonds is 16. The molecule has 0 aliphatic heterocycles. The van der Waals surface area contributed by atoms with Crippen molar-refractivity contribution in [2.45, 2.75) is 84.2 Å². The van der Waals surface area contributed by atoms with Gasteiger partial charge in [0.05, 0.1) is 0 Å². The van der Waals surface area contributed by atoms with Crippen LogP contribution in [0, 0.1) is 0 Å². The molecule has 0 bridgehead atoms. The van der Waals surface area contributed by atoms with Crippen LogP contribution < -0.4 is 0 Å². The zero-order valence-corrected chi connectivity index (χ0v) is 20.2. The van der Waals surface area contributed by atoms with Crippen molar-refractivity contribution < 1.29 is 18.9 Å². The zero-order valence-electron chi connectivity index (χ0n) is 20.2. The second-order valence-electron chi connectivity index (χ2n) is 7.93. The SMILES string of the molecule is CCCCCCCCC(OC)(c1cccc2ccccc12)C(OCC)(OCC)OCC. The molecule has 0 aliphatic carbocycles. The largest absolute Gasteiger partial charge is 0.365 e. The molecule has 0 saturated carbocycles. The van der Waals surface area contributed by atoms with Crippen LogP contribution in [0.25, 0.3) is 10.8 Å². The fraction of sp³-hybridized carbons (Fsp3) is 0.630. The van der Waals surface area contributed by atoms with E-state index >= 15 is 0 Å². The molecule has 4 nitrogen and oxygen atoms in total. The molecule has 31 heavy (non-hydrogen) atoms. The van der Waals surface area contributed by atoms with Crippen molar-refractivity contribution in [2.75, 3.05) is 26.9 Å². The van der Waals surface area contributed by atoms with Gasteiger partial charge in [0.1, 0.15) is 0 Å². The Morgan fingerprint density at radius 3 is 1.87 bits per heavy atom. The molecule has 4 heteroatoms. The lowest BCUT2D eigenvalue weighted by atomic mass is 9.82. The number of ether oxygens (including phenoxy) is 4. The van der Waals surface area contributed by atoms with Crippen LogP contribution in [-0.4, -0.2) is 32.9 Å². The van der Waals surface area contributed by atoms with Crippen molar-refractivity contribution in [2.24, 2.45) is 0 Å². The number of unbranched alkanes of at least 4 members (excludes halogenated alkanes) is 5. The van der Waals surface area contributed by atoms with E-state index in [1.807, 2.05) is 20.8 Å². The molecule has 0 N–H and O–H groups in total. The second-order valence-corrected chi connectivity index (χ2v) is 7.93. The third-order valence-corrected chi connectivity index (χ3v) is 5.95. The summed E-state index contributed by atoms with van der Waals surface area (Å²) in [6.07, 6.45) is 7.96. The van der Waals surface area contributed by atoms with E-state index < -0.39 is 11.6 Å². The molecular weight excluding hydrogens is 388 g/mol. The second kappa shape index (κ2) is 13.2. The summed E-state index contributed by atoms with van der Waals surface area (Å²) < 4.78 is 25.3. The highest BCUT2D eigenvalue weighted by molar-refractivity contribution is 5.86. The van der Waals surface area contributed by atoms with E-state index in [1.165, 1.54) is 31.1 Å². The van der Waals surface area contributed by atoms with Crippen LogP contribution in [0.4, 0.5) is 0 Å². The lowest BCUT2D eigenvalue weighted by Gasteiger charge is -2.48. The average molecular weight is 431 g/mol. The van der Waals surface area contributed by atoms with E-state index in [2.05, 4.69) is 49.4 Å². The standard InChI is InChI=1S/C27H42O4/c1-6-10-11-12-13-16-22-26(28-5,27(29-7-2,30-8-3)31-9-4)25-21-17-19-23-18-14-15-20-24(23)25/h14-15,17-21H,6-13,16,22H2,1-5H3. The third kappa shape index (κ3) is 5.87. The fourth-order valence-corrected chi connectivity index (χ4v) is 4.57. The molecule has 0 aromatic heterocycles. The Bertz CT molecular complexity index is 737. The summed E-state index contributed by atoms with van der Waals surface area (Å²) in [4.78, 5) is 0. The van der Waals surface area contributed by atoms with Gasteiger partial charge < -0.3 is 18.9 Å². The van der Waals surface area contributed by atoms with Crippen molar-refractivity contribution in [3.8, 4) is 0 Å². The van der Waals surface area contributed by atoms with Crippen LogP contribution in [0.15, 0.2) is 42.5 Å². The molecule has 2 rings (SSSR count). The van der Waals surface area contributed by atoms with Gasteiger partial charge in [0, 0.05) is 26.9 Å². The Morgan fingerprint density at radius 1 is 0.677 bits per heavy atom. The molecule has 1 unspecified atom stereocenters. The molecule has 0 spiro atoms. The van der Waals surface area contributed by atoms with Gasteiger partial charge in [-0.15, -0.1) is 0 Å². The molecule has 0 heterocycles. The molecule has 2 aromatic rings. The van der Waals surface area contributed by atoms with Gasteiger partial charge in [-0.05, 0) is 49.9 Å². The van der Waals surface area contributed by atoms with E-state index in [-0.39, 0.29) is 0 Å². The van der Waals surface area contributed by atoms with Gasteiger partial charge >= 0.3 is 5.97 Å². The number of fused-ring (bicyclic) bond motifs is 1. The molecule has 0 fully saturated rings. The van der Waals surface area contributed by atoms with Crippen molar-refractivity contribution in [3.05, 3.63) is 48.0 Å². The Labute approximate surface area is 189 Å². The number of hydrogen-bond donors (Lipinski definition) is 0. The molecule has 0 amide bonds. The highest BCUT2D eigenvalue weighted by atomic mass is 16.9. The average Bonchev–Trinajstić information content (AvgIpc) is 2.79. The Kier molecular flexibility index (Phi) is 11.0. The van der Waals surface area contributed by atoms with Crippen molar-refractivity contribution >= 4 is 10.8 Å². The van der Waals surface area contributed by atoms with Crippen LogP contribution >= 0.6 is 0 Å². The highest BCUT2D eigenvalue weighted by Gasteiger charge is 2.57. The Morgan fingerprint density at radius 2 is 1.26 bits per heavy atom. The number of hydrogen-bond acceptors (Lipinski definition) is 4. The summed E-state index contributed by atoms with van der Waals surface area (Å²) in [6.45, 7) is 9.56. The van der Waals surface area contributed by atoms with Crippen LogP contribution in [0.3, 0.4) is 0 Å². The third-order valence-electron chi connectivity index (χ3n) is 5.95. The zero-order chi connectivity index (χ0) is 22.6. The van der Waals surface area contributed by atoms with Gasteiger partial charge in [-0.25, -0.2) is 0 Å². The smallest absolute Gasteiger partial charge is 0.318 e. The Hall–Kier alpha value is -1.46. The van der Waals surface area contributed by atoms with Gasteiger partial charge in [0.2, 0.25) is 0 Å². The highest BCUT2D eigenvalue weighted by Crippen LogP contribution is 2.47. The van der Waals surface area contributed by atoms with E-state index in [0.29, 0.717) is 19.8 Å². The quantitative estimate of drug-likeness (QED) is 0.208. The maximum Gasteiger partial charge on any atom is 0.318 e. The maximum atomic E-state index is 6.41. The summed E-state index contributed by atoms with van der Waals surface area (Å²) in [5.41, 5.74) is 0.165. The maximum absolute atomic E-state index is 6.41. The summed E-state index contributed by atoms with van der Waals surface area (Å²) in [5.74, 6) is -1.31. The lowest BCUT2D eigenvalue weighted by molar-refractivity contribution is -0.448. The van der Waals surface area contributed by atoms with Crippen molar-refractivity contribution in [1.29, 1.82) is 0 Å². The van der Waals surface area contributed by atoms with Gasteiger partial charge in [0.15, 0.2) is 5.60 Å². The summed E-state index contributed by atoms with van der Waals surface area (Å²) in [7, 11) is 1.75. The molecule has 1 atom stereocenters. The summed E-state index contributed by atoms with van der Waals surface area (Å²) in [6, 6.07) is 14.8. The minimum atomic E-state index is -1.31. The predicted octanol–water partition coefficient (Wildman–Crippen LogP) is 7.20. The molecule has 0 radical (unpaired) electrons. The van der Waals surface area contributed by atoms with Crippen LogP contribution in [-0.2, 0) is 24.5 Å². The molecule has 0 saturated heterocycles. The van der Waals surface area contributed by atoms with Crippen LogP contribution in [0.2, 0.25) is 0 Å². The molecule has 2 aromatic carbocycles. The van der Waals surface area contributed by atoms with E-state index in [1.54, 1.807) is 7.11 Å². The molecule has 0 aliphatic rings. The normalized spacial score (nSPS) is 14.1. The Balaban J connectivity index is 2.57. The van der Waals surface area contributed by atoms with E-state index in [0.717, 1.165) is 30.2 Å². The topological polar surface area (TPSA) is 36.9 Å². The van der Waals surface area contributed by atoms with E-state index in [9.17, 15) is 0 Å². The first-order valence-electron chi connectivity index (χ1n) is 12.1. The van der Waals surface area contributed by atoms with Crippen LogP contribution in [0.1, 0.15) is 78.2 Å².